The number of hydrogen-bond donors (Lipinski definition) is 0. The van der Waals surface area contributed by atoms with Crippen LogP contribution in [0.4, 0.5) is 0 Å². The lowest BCUT2D eigenvalue weighted by Crippen LogP contribution is -2.31. The smallest absolute Gasteiger partial charge is 0.0521 e. The third kappa shape index (κ3) is 1.31. The van der Waals surface area contributed by atoms with Gasteiger partial charge in [-0.3, -0.25) is 5.01 Å². The van der Waals surface area contributed by atoms with Crippen LogP contribution in [0.1, 0.15) is 33.6 Å². The van der Waals surface area contributed by atoms with Crippen molar-refractivity contribution in [3.63, 3.8) is 0 Å². The molecule has 1 rings (SSSR count). The van der Waals surface area contributed by atoms with Gasteiger partial charge in [0.25, 0.3) is 0 Å². The topological polar surface area (TPSA) is 15.6 Å². The first-order valence-corrected chi connectivity index (χ1v) is 4.06. The fourth-order valence-electron chi connectivity index (χ4n) is 1.37. The van der Waals surface area contributed by atoms with Crippen LogP contribution in [0, 0.1) is 0 Å². The summed E-state index contributed by atoms with van der Waals surface area (Å²) in [6.45, 7) is 6.59. The summed E-state index contributed by atoms with van der Waals surface area (Å²) in [5.74, 6) is 0. The zero-order valence-electron chi connectivity index (χ0n) is 7.04. The van der Waals surface area contributed by atoms with Gasteiger partial charge in [-0.25, -0.2) is 0 Å². The van der Waals surface area contributed by atoms with Crippen molar-refractivity contribution >= 4 is 6.21 Å². The molecule has 0 fully saturated rings. The highest BCUT2D eigenvalue weighted by molar-refractivity contribution is 5.59. The van der Waals surface area contributed by atoms with E-state index in [9.17, 15) is 0 Å². The van der Waals surface area contributed by atoms with Gasteiger partial charge in [0.2, 0.25) is 0 Å². The quantitative estimate of drug-likeness (QED) is 0.571. The van der Waals surface area contributed by atoms with E-state index in [2.05, 4.69) is 30.9 Å². The van der Waals surface area contributed by atoms with Crippen molar-refractivity contribution in [2.75, 3.05) is 0 Å². The Hall–Kier alpha value is -0.530. The number of rotatable bonds is 2. The Balaban J connectivity index is 2.49. The van der Waals surface area contributed by atoms with Gasteiger partial charge in [0.1, 0.15) is 0 Å². The molecule has 0 spiro atoms. The lowest BCUT2D eigenvalue weighted by atomic mass is 10.1. The fourth-order valence-corrected chi connectivity index (χ4v) is 1.37. The Morgan fingerprint density at radius 1 is 1.70 bits per heavy atom. The molecular weight excluding hydrogens is 124 g/mol. The molecule has 1 atom stereocenters. The van der Waals surface area contributed by atoms with Crippen LogP contribution in [0.25, 0.3) is 0 Å². The molecule has 0 bridgehead atoms. The maximum absolute atomic E-state index is 4.30. The minimum atomic E-state index is 0.559. The molecule has 2 heteroatoms. The molecule has 10 heavy (non-hydrogen) atoms. The van der Waals surface area contributed by atoms with E-state index in [0.717, 1.165) is 6.42 Å². The average molecular weight is 140 g/mol. The second-order valence-corrected chi connectivity index (χ2v) is 3.07. The molecule has 0 aromatic rings. The van der Waals surface area contributed by atoms with Gasteiger partial charge < -0.3 is 0 Å². The van der Waals surface area contributed by atoms with E-state index in [1.165, 1.54) is 6.42 Å². The molecule has 1 heterocycles. The summed E-state index contributed by atoms with van der Waals surface area (Å²) in [5, 5.41) is 6.49. The van der Waals surface area contributed by atoms with Crippen molar-refractivity contribution in [3.8, 4) is 0 Å². The highest BCUT2D eigenvalue weighted by Gasteiger charge is 2.20. The van der Waals surface area contributed by atoms with Crippen LogP contribution in [0.5, 0.6) is 0 Å². The van der Waals surface area contributed by atoms with Crippen molar-refractivity contribution in [2.24, 2.45) is 5.10 Å². The largest absolute Gasteiger partial charge is 0.291 e. The van der Waals surface area contributed by atoms with Crippen molar-refractivity contribution < 1.29 is 0 Å². The van der Waals surface area contributed by atoms with Crippen molar-refractivity contribution in [3.05, 3.63) is 0 Å². The second kappa shape index (κ2) is 3.04. The van der Waals surface area contributed by atoms with E-state index >= 15 is 0 Å². The van der Waals surface area contributed by atoms with Crippen LogP contribution in [0.2, 0.25) is 0 Å². The summed E-state index contributed by atoms with van der Waals surface area (Å²) in [6.07, 6.45) is 4.36. The Kier molecular flexibility index (Phi) is 2.30. The van der Waals surface area contributed by atoms with Crippen LogP contribution in [0.3, 0.4) is 0 Å². The highest BCUT2D eigenvalue weighted by atomic mass is 15.5. The molecule has 0 saturated heterocycles. The van der Waals surface area contributed by atoms with Crippen LogP contribution in [-0.2, 0) is 0 Å². The lowest BCUT2D eigenvalue weighted by Gasteiger charge is -2.26. The average Bonchev–Trinajstić information content (AvgIpc) is 2.33. The zero-order chi connectivity index (χ0) is 7.56. The normalized spacial score (nSPS) is 24.8. The predicted octanol–water partition coefficient (Wildman–Crippen LogP) is 1.86. The third-order valence-electron chi connectivity index (χ3n) is 1.97. The van der Waals surface area contributed by atoms with E-state index in [1.54, 1.807) is 0 Å². The summed E-state index contributed by atoms with van der Waals surface area (Å²) >= 11 is 0. The van der Waals surface area contributed by atoms with Gasteiger partial charge in [-0.2, -0.15) is 5.10 Å². The van der Waals surface area contributed by atoms with Crippen molar-refractivity contribution in [2.45, 2.75) is 45.7 Å². The van der Waals surface area contributed by atoms with E-state index in [1.807, 2.05) is 6.21 Å². The summed E-state index contributed by atoms with van der Waals surface area (Å²) in [5.41, 5.74) is 0. The Bertz CT molecular complexity index is 129. The monoisotopic (exact) mass is 140 g/mol. The zero-order valence-corrected chi connectivity index (χ0v) is 7.04. The number of hydrazone groups is 1. The molecule has 0 saturated carbocycles. The van der Waals surface area contributed by atoms with E-state index < -0.39 is 0 Å². The summed E-state index contributed by atoms with van der Waals surface area (Å²) < 4.78 is 0. The molecule has 1 aliphatic rings. The molecule has 0 amide bonds. The minimum absolute atomic E-state index is 0.559. The van der Waals surface area contributed by atoms with Gasteiger partial charge in [-0.05, 0) is 20.3 Å². The standard InChI is InChI=1S/C8H16N2/c1-4-8-5-6-9-10(8)7(2)3/h6-8H,4-5H2,1-3H3/t8-/m1/s1. The van der Waals surface area contributed by atoms with Crippen LogP contribution >= 0.6 is 0 Å². The molecule has 2 nitrogen and oxygen atoms in total. The van der Waals surface area contributed by atoms with Crippen LogP contribution in [0.15, 0.2) is 5.10 Å². The first-order valence-electron chi connectivity index (χ1n) is 4.06. The molecule has 0 aliphatic carbocycles. The van der Waals surface area contributed by atoms with E-state index in [0.29, 0.717) is 12.1 Å². The Morgan fingerprint density at radius 2 is 2.40 bits per heavy atom. The van der Waals surface area contributed by atoms with Crippen LogP contribution < -0.4 is 0 Å². The lowest BCUT2D eigenvalue weighted by molar-refractivity contribution is 0.178. The van der Waals surface area contributed by atoms with Gasteiger partial charge in [0, 0.05) is 18.7 Å². The highest BCUT2D eigenvalue weighted by Crippen LogP contribution is 2.16. The Morgan fingerprint density at radius 3 is 2.80 bits per heavy atom. The SMILES string of the molecule is CC[C@@H]1CC=NN1C(C)C. The molecule has 1 aliphatic heterocycles. The number of nitrogens with zero attached hydrogens (tertiary/aromatic N) is 2. The molecule has 0 aromatic heterocycles. The molecule has 58 valence electrons. The van der Waals surface area contributed by atoms with E-state index in [4.69, 9.17) is 0 Å². The Labute approximate surface area is 62.9 Å². The van der Waals surface area contributed by atoms with Gasteiger partial charge in [-0.1, -0.05) is 6.92 Å². The first kappa shape index (κ1) is 7.58. The third-order valence-corrected chi connectivity index (χ3v) is 1.97. The van der Waals surface area contributed by atoms with E-state index in [-0.39, 0.29) is 0 Å². The van der Waals surface area contributed by atoms with Crippen molar-refractivity contribution in [1.82, 2.24) is 5.01 Å². The molecular formula is C8H16N2. The summed E-state index contributed by atoms with van der Waals surface area (Å²) in [4.78, 5) is 0. The first-order chi connectivity index (χ1) is 4.75. The molecule has 0 N–H and O–H groups in total. The number of hydrogen-bond acceptors (Lipinski definition) is 2. The second-order valence-electron chi connectivity index (χ2n) is 3.07. The summed E-state index contributed by atoms with van der Waals surface area (Å²) in [6, 6.07) is 1.23. The summed E-state index contributed by atoms with van der Waals surface area (Å²) in [7, 11) is 0. The molecule has 0 aromatic carbocycles. The predicted molar refractivity (Wildman–Crippen MR) is 44.2 cm³/mol. The van der Waals surface area contributed by atoms with Gasteiger partial charge in [-0.15, -0.1) is 0 Å². The van der Waals surface area contributed by atoms with Gasteiger partial charge >= 0.3 is 0 Å². The molecule has 0 radical (unpaired) electrons. The van der Waals surface area contributed by atoms with Crippen molar-refractivity contribution in [1.29, 1.82) is 0 Å². The maximum Gasteiger partial charge on any atom is 0.0521 e. The van der Waals surface area contributed by atoms with Gasteiger partial charge in [0.05, 0.1) is 6.04 Å². The molecule has 0 unspecified atom stereocenters. The van der Waals surface area contributed by atoms with Gasteiger partial charge in [0.15, 0.2) is 0 Å². The fraction of sp³-hybridized carbons (Fsp3) is 0.875. The minimum Gasteiger partial charge on any atom is -0.291 e. The van der Waals surface area contributed by atoms with Crippen LogP contribution in [-0.4, -0.2) is 23.3 Å². The maximum atomic E-state index is 4.30.